The molecule has 0 amide bonds. The lowest BCUT2D eigenvalue weighted by molar-refractivity contribution is -1.20. The van der Waals surface area contributed by atoms with Crippen LogP contribution in [0.3, 0.4) is 0 Å². The van der Waals surface area contributed by atoms with E-state index in [9.17, 15) is 10.0 Å². The second kappa shape index (κ2) is 2.74. The van der Waals surface area contributed by atoms with Crippen LogP contribution in [0.15, 0.2) is 0 Å². The fraction of sp³-hybridized carbons (Fsp3) is 0.800. The lowest BCUT2D eigenvalue weighted by atomic mass is 10.4. The maximum Gasteiger partial charge on any atom is 0.303 e. The molecule has 0 aromatic heterocycles. The highest BCUT2D eigenvalue weighted by atomic mass is 17.1. The first-order valence-corrected chi connectivity index (χ1v) is 3.13. The fourth-order valence-electron chi connectivity index (χ4n) is 0.868. The fourth-order valence-corrected chi connectivity index (χ4v) is 0.868. The van der Waals surface area contributed by atoms with Gasteiger partial charge in [0.1, 0.15) is 0 Å². The molecule has 1 heterocycles. The van der Waals surface area contributed by atoms with Crippen molar-refractivity contribution in [1.82, 2.24) is 0 Å². The Kier molecular flexibility index (Phi) is 2.10. The summed E-state index contributed by atoms with van der Waals surface area (Å²) in [6.07, 6.45) is -0.630. The Hall–Kier alpha value is -0.690. The van der Waals surface area contributed by atoms with Crippen LogP contribution in [0.1, 0.15) is 6.92 Å². The standard InChI is InChI=1S/C5H9NO5/c1-4(7)11-5-2-6(8,9)10-3-5/h5,8H,2-3H2,1H3. The van der Waals surface area contributed by atoms with Crippen LogP contribution >= 0.6 is 0 Å². The molecule has 0 spiro atoms. The molecule has 1 aliphatic heterocycles. The molecule has 0 aromatic rings. The molecular formula is C5H9NO5. The second-order valence-electron chi connectivity index (χ2n) is 2.35. The Morgan fingerprint density at radius 3 is 2.91 bits per heavy atom. The maximum atomic E-state index is 10.6. The van der Waals surface area contributed by atoms with E-state index in [1.165, 1.54) is 6.92 Å². The van der Waals surface area contributed by atoms with Crippen LogP contribution in [0, 0.1) is 5.21 Å². The first kappa shape index (κ1) is 8.41. The number of hydrogen-bond acceptors (Lipinski definition) is 5. The number of rotatable bonds is 1. The van der Waals surface area contributed by atoms with Gasteiger partial charge in [0.2, 0.25) is 0 Å². The van der Waals surface area contributed by atoms with Crippen molar-refractivity contribution in [1.29, 1.82) is 0 Å². The predicted octanol–water partition coefficient (Wildman–Crippen LogP) is -0.433. The summed E-state index contributed by atoms with van der Waals surface area (Å²) in [6, 6.07) is 0. The van der Waals surface area contributed by atoms with Crippen LogP contribution in [0.2, 0.25) is 0 Å². The van der Waals surface area contributed by atoms with Crippen LogP contribution in [-0.2, 0) is 14.4 Å². The third kappa shape index (κ3) is 2.43. The summed E-state index contributed by atoms with van der Waals surface area (Å²) in [6.45, 7) is 0.911. The normalized spacial score (nSPS) is 37.2. The van der Waals surface area contributed by atoms with Gasteiger partial charge in [-0.3, -0.25) is 4.79 Å². The average Bonchev–Trinajstić information content (AvgIpc) is 2.08. The minimum Gasteiger partial charge on any atom is -0.564 e. The number of hydrogen-bond donors (Lipinski definition) is 1. The molecule has 1 rings (SSSR count). The van der Waals surface area contributed by atoms with E-state index in [1.807, 2.05) is 0 Å². The number of nitrogens with zero attached hydrogens (tertiary/aromatic N) is 1. The van der Waals surface area contributed by atoms with Crippen molar-refractivity contribution < 1.29 is 24.5 Å². The monoisotopic (exact) mass is 163 g/mol. The van der Waals surface area contributed by atoms with Gasteiger partial charge in [0.15, 0.2) is 19.3 Å². The highest BCUT2D eigenvalue weighted by molar-refractivity contribution is 5.66. The zero-order chi connectivity index (χ0) is 8.48. The quantitative estimate of drug-likeness (QED) is 0.322. The molecule has 0 aliphatic carbocycles. The molecule has 0 bridgehead atoms. The van der Waals surface area contributed by atoms with Gasteiger partial charge >= 0.3 is 5.97 Å². The summed E-state index contributed by atoms with van der Waals surface area (Å²) in [5.41, 5.74) is 0. The molecule has 6 nitrogen and oxygen atoms in total. The Labute approximate surface area is 63.0 Å². The maximum absolute atomic E-state index is 10.6. The van der Waals surface area contributed by atoms with Gasteiger partial charge in [-0.25, -0.2) is 0 Å². The van der Waals surface area contributed by atoms with E-state index in [1.54, 1.807) is 0 Å². The van der Waals surface area contributed by atoms with E-state index in [0.717, 1.165) is 0 Å². The lowest BCUT2D eigenvalue weighted by Crippen LogP contribution is -2.35. The molecule has 1 aliphatic rings. The van der Waals surface area contributed by atoms with Crippen molar-refractivity contribution in [3.05, 3.63) is 5.21 Å². The zero-order valence-electron chi connectivity index (χ0n) is 6.02. The predicted molar refractivity (Wildman–Crippen MR) is 31.8 cm³/mol. The largest absolute Gasteiger partial charge is 0.564 e. The van der Waals surface area contributed by atoms with E-state index in [-0.39, 0.29) is 13.2 Å². The van der Waals surface area contributed by atoms with Crippen LogP contribution in [0.25, 0.3) is 0 Å². The van der Waals surface area contributed by atoms with Crippen molar-refractivity contribution in [2.24, 2.45) is 0 Å². The van der Waals surface area contributed by atoms with Gasteiger partial charge in [0.05, 0.1) is 0 Å². The second-order valence-corrected chi connectivity index (χ2v) is 2.35. The Balaban J connectivity index is 2.36. The molecule has 6 heteroatoms. The molecular weight excluding hydrogens is 154 g/mol. The van der Waals surface area contributed by atoms with Gasteiger partial charge in [0.25, 0.3) is 0 Å². The summed E-state index contributed by atoms with van der Waals surface area (Å²) in [5.74, 6) is -0.486. The first-order valence-electron chi connectivity index (χ1n) is 3.13. The van der Waals surface area contributed by atoms with Crippen LogP contribution < -0.4 is 0 Å². The van der Waals surface area contributed by atoms with Crippen LogP contribution in [0.5, 0.6) is 0 Å². The smallest absolute Gasteiger partial charge is 0.303 e. The van der Waals surface area contributed by atoms with Gasteiger partial charge < -0.3 is 9.94 Å². The molecule has 2 unspecified atom stereocenters. The SMILES string of the molecule is CC(=O)OC1CO[N+]([O-])(O)C1. The van der Waals surface area contributed by atoms with E-state index >= 15 is 0 Å². The van der Waals surface area contributed by atoms with Gasteiger partial charge in [-0.05, 0) is 0 Å². The molecule has 64 valence electrons. The van der Waals surface area contributed by atoms with Gasteiger partial charge in [-0.15, -0.1) is 0 Å². The zero-order valence-corrected chi connectivity index (χ0v) is 6.02. The molecule has 1 saturated heterocycles. The number of quaternary nitrogens is 1. The summed E-state index contributed by atoms with van der Waals surface area (Å²) in [7, 11) is 0. The van der Waals surface area contributed by atoms with Crippen molar-refractivity contribution in [2.45, 2.75) is 13.0 Å². The van der Waals surface area contributed by atoms with Crippen molar-refractivity contribution in [3.8, 4) is 0 Å². The minimum absolute atomic E-state index is 0.0560. The number of ether oxygens (including phenoxy) is 1. The number of carbonyl (C=O) groups excluding carboxylic acids is 1. The first-order chi connectivity index (χ1) is 4.99. The third-order valence-corrected chi connectivity index (χ3v) is 1.23. The van der Waals surface area contributed by atoms with Gasteiger partial charge in [-0.1, -0.05) is 4.97 Å². The summed E-state index contributed by atoms with van der Waals surface area (Å²) in [4.78, 5) is 12.9. The Morgan fingerprint density at radius 1 is 1.91 bits per heavy atom. The molecule has 11 heavy (non-hydrogen) atoms. The van der Waals surface area contributed by atoms with Crippen molar-refractivity contribution in [2.75, 3.05) is 13.2 Å². The minimum atomic E-state index is -1.78. The van der Waals surface area contributed by atoms with Crippen LogP contribution in [0.4, 0.5) is 0 Å². The average molecular weight is 163 g/mol. The highest BCUT2D eigenvalue weighted by Crippen LogP contribution is 2.14. The van der Waals surface area contributed by atoms with Gasteiger partial charge in [-0.2, -0.15) is 10.0 Å². The molecule has 0 radical (unpaired) electrons. The number of carbonyl (C=O) groups is 1. The molecule has 2 atom stereocenters. The van der Waals surface area contributed by atoms with E-state index in [2.05, 4.69) is 9.57 Å². The highest BCUT2D eigenvalue weighted by Gasteiger charge is 2.35. The Morgan fingerprint density at radius 2 is 2.55 bits per heavy atom. The molecule has 0 aromatic carbocycles. The summed E-state index contributed by atoms with van der Waals surface area (Å²) in [5, 5.41) is 19.2. The Bertz CT molecular complexity index is 168. The topological polar surface area (TPSA) is 78.8 Å². The van der Waals surface area contributed by atoms with Crippen LogP contribution in [-0.4, -0.2) is 35.4 Å². The number of esters is 1. The summed E-state index contributed by atoms with van der Waals surface area (Å²) >= 11 is 0. The van der Waals surface area contributed by atoms with E-state index in [4.69, 9.17) is 5.21 Å². The molecule has 1 N–H and O–H groups in total. The van der Waals surface area contributed by atoms with Crippen molar-refractivity contribution >= 4 is 5.97 Å². The molecule has 0 saturated carbocycles. The van der Waals surface area contributed by atoms with Crippen molar-refractivity contribution in [3.63, 3.8) is 0 Å². The van der Waals surface area contributed by atoms with E-state index < -0.39 is 17.0 Å². The van der Waals surface area contributed by atoms with E-state index in [0.29, 0.717) is 0 Å². The molecule has 1 fully saturated rings. The van der Waals surface area contributed by atoms with Gasteiger partial charge in [0, 0.05) is 6.92 Å². The summed E-state index contributed by atoms with van der Waals surface area (Å²) < 4.78 is 4.61. The number of hydroxylamine groups is 3. The third-order valence-electron chi connectivity index (χ3n) is 1.23. The lowest BCUT2D eigenvalue weighted by Gasteiger charge is -2.22.